The molecule has 5 heteroatoms. The van der Waals surface area contributed by atoms with Crippen LogP contribution in [-0.4, -0.2) is 36.2 Å². The molecule has 0 aliphatic carbocycles. The molecular formula is C15H20N2O3. The summed E-state index contributed by atoms with van der Waals surface area (Å²) in [5, 5.41) is 0. The van der Waals surface area contributed by atoms with Crippen molar-refractivity contribution in [3.8, 4) is 11.5 Å². The number of benzene rings is 1. The first kappa shape index (κ1) is 13.2. The summed E-state index contributed by atoms with van der Waals surface area (Å²) in [6.07, 6.45) is 3.12. The Labute approximate surface area is 118 Å². The van der Waals surface area contributed by atoms with Gasteiger partial charge in [-0.3, -0.25) is 4.79 Å². The maximum absolute atomic E-state index is 12.8. The molecule has 2 heterocycles. The fourth-order valence-corrected chi connectivity index (χ4v) is 3.01. The van der Waals surface area contributed by atoms with E-state index in [1.807, 2.05) is 24.0 Å². The second-order valence-electron chi connectivity index (χ2n) is 5.46. The van der Waals surface area contributed by atoms with Crippen LogP contribution in [0.4, 0.5) is 0 Å². The number of fused-ring (bicyclic) bond motifs is 1. The third-order valence-electron chi connectivity index (χ3n) is 4.04. The minimum absolute atomic E-state index is 0.00523. The van der Waals surface area contributed by atoms with Gasteiger partial charge in [-0.2, -0.15) is 0 Å². The van der Waals surface area contributed by atoms with Crippen LogP contribution in [-0.2, 0) is 0 Å². The highest BCUT2D eigenvalue weighted by molar-refractivity contribution is 5.98. The molecule has 1 aromatic rings. The van der Waals surface area contributed by atoms with E-state index < -0.39 is 0 Å². The van der Waals surface area contributed by atoms with Gasteiger partial charge in [0.2, 0.25) is 6.79 Å². The number of hydrogen-bond donors (Lipinski definition) is 1. The molecule has 0 unspecified atom stereocenters. The van der Waals surface area contributed by atoms with Crippen molar-refractivity contribution in [2.24, 2.45) is 5.73 Å². The summed E-state index contributed by atoms with van der Waals surface area (Å²) in [4.78, 5) is 14.7. The molecule has 20 heavy (non-hydrogen) atoms. The van der Waals surface area contributed by atoms with Gasteiger partial charge in [0.25, 0.3) is 5.91 Å². The molecule has 0 radical (unpaired) electrons. The van der Waals surface area contributed by atoms with Crippen LogP contribution in [0.3, 0.4) is 0 Å². The van der Waals surface area contributed by atoms with Crippen molar-refractivity contribution in [1.82, 2.24) is 4.90 Å². The van der Waals surface area contributed by atoms with Gasteiger partial charge in [-0.15, -0.1) is 0 Å². The maximum Gasteiger partial charge on any atom is 0.258 e. The predicted molar refractivity (Wildman–Crippen MR) is 74.9 cm³/mol. The average Bonchev–Trinajstić information content (AvgIpc) is 2.94. The minimum Gasteiger partial charge on any atom is -0.454 e. The van der Waals surface area contributed by atoms with E-state index in [0.717, 1.165) is 25.8 Å². The third kappa shape index (κ3) is 2.22. The van der Waals surface area contributed by atoms with Gasteiger partial charge >= 0.3 is 0 Å². The first-order valence-electron chi connectivity index (χ1n) is 7.13. The van der Waals surface area contributed by atoms with Crippen molar-refractivity contribution in [3.63, 3.8) is 0 Å². The molecule has 1 fully saturated rings. The van der Waals surface area contributed by atoms with Crippen LogP contribution in [0.5, 0.6) is 11.5 Å². The molecule has 2 aliphatic heterocycles. The SMILES string of the molecule is C[C@H](N)[C@@H]1CCCCN1C(=O)c1cccc2c1OCO2. The van der Waals surface area contributed by atoms with Crippen molar-refractivity contribution >= 4 is 5.91 Å². The Hall–Kier alpha value is -1.75. The molecule has 1 amide bonds. The fraction of sp³-hybridized carbons (Fsp3) is 0.533. The van der Waals surface area contributed by atoms with Gasteiger partial charge in [-0.1, -0.05) is 6.07 Å². The minimum atomic E-state index is -0.0202. The number of nitrogens with two attached hydrogens (primary N) is 1. The lowest BCUT2D eigenvalue weighted by molar-refractivity contribution is 0.0579. The van der Waals surface area contributed by atoms with Gasteiger partial charge in [0.05, 0.1) is 5.56 Å². The first-order valence-corrected chi connectivity index (χ1v) is 7.13. The molecule has 1 saturated heterocycles. The number of para-hydroxylation sites is 1. The van der Waals surface area contributed by atoms with Gasteiger partial charge in [0.15, 0.2) is 11.5 Å². The lowest BCUT2D eigenvalue weighted by atomic mass is 9.96. The van der Waals surface area contributed by atoms with Gasteiger partial charge in [0, 0.05) is 18.6 Å². The number of amides is 1. The van der Waals surface area contributed by atoms with Crippen LogP contribution >= 0.6 is 0 Å². The second kappa shape index (κ2) is 5.32. The number of likely N-dealkylation sites (tertiary alicyclic amines) is 1. The molecular weight excluding hydrogens is 256 g/mol. The topological polar surface area (TPSA) is 64.8 Å². The fourth-order valence-electron chi connectivity index (χ4n) is 3.01. The number of carbonyl (C=O) groups is 1. The van der Waals surface area contributed by atoms with Crippen molar-refractivity contribution in [3.05, 3.63) is 23.8 Å². The van der Waals surface area contributed by atoms with Gasteiger partial charge in [-0.25, -0.2) is 0 Å². The number of nitrogens with zero attached hydrogens (tertiary/aromatic N) is 1. The van der Waals surface area contributed by atoms with E-state index in [0.29, 0.717) is 17.1 Å². The van der Waals surface area contributed by atoms with Crippen LogP contribution < -0.4 is 15.2 Å². The largest absolute Gasteiger partial charge is 0.454 e. The summed E-state index contributed by atoms with van der Waals surface area (Å²) in [5.41, 5.74) is 6.61. The molecule has 5 nitrogen and oxygen atoms in total. The highest BCUT2D eigenvalue weighted by Gasteiger charge is 2.32. The molecule has 108 valence electrons. The highest BCUT2D eigenvalue weighted by Crippen LogP contribution is 2.36. The van der Waals surface area contributed by atoms with Crippen molar-refractivity contribution in [1.29, 1.82) is 0 Å². The van der Waals surface area contributed by atoms with E-state index in [4.69, 9.17) is 15.2 Å². The first-order chi connectivity index (χ1) is 9.68. The molecule has 3 rings (SSSR count). The van der Waals surface area contributed by atoms with Crippen molar-refractivity contribution in [2.75, 3.05) is 13.3 Å². The molecule has 0 aromatic heterocycles. The van der Waals surface area contributed by atoms with E-state index in [1.54, 1.807) is 6.07 Å². The standard InChI is InChI=1S/C15H20N2O3/c1-10(16)12-6-2-3-8-17(12)15(18)11-5-4-7-13-14(11)20-9-19-13/h4-5,7,10,12H,2-3,6,8-9,16H2,1H3/t10-,12-/m0/s1. The Balaban J connectivity index is 1.90. The van der Waals surface area contributed by atoms with E-state index in [1.165, 1.54) is 0 Å². The Morgan fingerprint density at radius 1 is 1.40 bits per heavy atom. The van der Waals surface area contributed by atoms with E-state index in [-0.39, 0.29) is 24.8 Å². The average molecular weight is 276 g/mol. The molecule has 0 spiro atoms. The quantitative estimate of drug-likeness (QED) is 0.894. The number of hydrogen-bond acceptors (Lipinski definition) is 4. The third-order valence-corrected chi connectivity index (χ3v) is 4.04. The smallest absolute Gasteiger partial charge is 0.258 e. The van der Waals surface area contributed by atoms with Crippen LogP contribution in [0.1, 0.15) is 36.5 Å². The molecule has 2 atom stereocenters. The molecule has 0 bridgehead atoms. The predicted octanol–water partition coefficient (Wildman–Crippen LogP) is 1.76. The Morgan fingerprint density at radius 2 is 2.25 bits per heavy atom. The Morgan fingerprint density at radius 3 is 3.05 bits per heavy atom. The van der Waals surface area contributed by atoms with Crippen LogP contribution in [0, 0.1) is 0 Å². The lowest BCUT2D eigenvalue weighted by Crippen LogP contribution is -2.51. The lowest BCUT2D eigenvalue weighted by Gasteiger charge is -2.38. The number of ether oxygens (including phenoxy) is 2. The van der Waals surface area contributed by atoms with E-state index in [2.05, 4.69) is 0 Å². The summed E-state index contributed by atoms with van der Waals surface area (Å²) in [6, 6.07) is 5.52. The number of carbonyl (C=O) groups excluding carboxylic acids is 1. The summed E-state index contributed by atoms with van der Waals surface area (Å²) in [5.74, 6) is 1.20. The van der Waals surface area contributed by atoms with Gasteiger partial charge < -0.3 is 20.1 Å². The number of rotatable bonds is 2. The normalized spacial score (nSPS) is 22.7. The molecule has 1 aromatic carbocycles. The van der Waals surface area contributed by atoms with Crippen LogP contribution in [0.2, 0.25) is 0 Å². The summed E-state index contributed by atoms with van der Waals surface area (Å²) in [7, 11) is 0. The van der Waals surface area contributed by atoms with Crippen molar-refractivity contribution in [2.45, 2.75) is 38.3 Å². The van der Waals surface area contributed by atoms with Crippen molar-refractivity contribution < 1.29 is 14.3 Å². The number of piperidine rings is 1. The highest BCUT2D eigenvalue weighted by atomic mass is 16.7. The zero-order valence-corrected chi connectivity index (χ0v) is 11.7. The van der Waals surface area contributed by atoms with Gasteiger partial charge in [0.1, 0.15) is 0 Å². The summed E-state index contributed by atoms with van der Waals surface area (Å²) < 4.78 is 10.8. The van der Waals surface area contributed by atoms with Crippen LogP contribution in [0.25, 0.3) is 0 Å². The summed E-state index contributed by atoms with van der Waals surface area (Å²) >= 11 is 0. The van der Waals surface area contributed by atoms with E-state index in [9.17, 15) is 4.79 Å². The maximum atomic E-state index is 12.8. The van der Waals surface area contributed by atoms with Gasteiger partial charge in [-0.05, 0) is 38.3 Å². The zero-order chi connectivity index (χ0) is 14.1. The second-order valence-corrected chi connectivity index (χ2v) is 5.46. The molecule has 2 N–H and O–H groups in total. The zero-order valence-electron chi connectivity index (χ0n) is 11.7. The Bertz CT molecular complexity index is 516. The molecule has 2 aliphatic rings. The molecule has 0 saturated carbocycles. The monoisotopic (exact) mass is 276 g/mol. The summed E-state index contributed by atoms with van der Waals surface area (Å²) in [6.45, 7) is 2.90. The van der Waals surface area contributed by atoms with E-state index >= 15 is 0 Å². The Kier molecular flexibility index (Phi) is 3.53. The van der Waals surface area contributed by atoms with Crippen LogP contribution in [0.15, 0.2) is 18.2 Å².